The van der Waals surface area contributed by atoms with Crippen molar-refractivity contribution in [2.24, 2.45) is 5.73 Å². The monoisotopic (exact) mass is 269 g/mol. The Kier molecular flexibility index (Phi) is 3.93. The average molecular weight is 270 g/mol. The molecule has 0 saturated carbocycles. The van der Waals surface area contributed by atoms with Gasteiger partial charge in [-0.2, -0.15) is 4.98 Å². The molecule has 96 valence electrons. The second kappa shape index (κ2) is 5.46. The lowest BCUT2D eigenvalue weighted by molar-refractivity contribution is 0.374. The van der Waals surface area contributed by atoms with Crippen LogP contribution in [0.2, 0.25) is 5.02 Å². The Morgan fingerprint density at radius 3 is 2.94 bits per heavy atom. The molecule has 2 rings (SSSR count). The third-order valence-electron chi connectivity index (χ3n) is 2.64. The number of nitrogens with zero attached hydrogens (tertiary/aromatic N) is 2. The first kappa shape index (κ1) is 13.0. The highest BCUT2D eigenvalue weighted by Crippen LogP contribution is 2.22. The molecule has 6 heteroatoms. The van der Waals surface area contributed by atoms with Gasteiger partial charge in [0.2, 0.25) is 5.89 Å². The standard InChI is InChI=1S/C12H13ClFN3O/c1-2-10(15)12-16-11(18-17-12)6-7-8(13)4-3-5-9(7)14/h3-5,10H,2,6,15H2,1H3. The number of benzene rings is 1. The smallest absolute Gasteiger partial charge is 0.231 e. The van der Waals surface area contributed by atoms with Crippen molar-refractivity contribution in [2.75, 3.05) is 0 Å². The number of nitrogens with two attached hydrogens (primary N) is 1. The van der Waals surface area contributed by atoms with Gasteiger partial charge in [-0.05, 0) is 18.6 Å². The molecule has 0 aliphatic rings. The van der Waals surface area contributed by atoms with E-state index in [4.69, 9.17) is 21.9 Å². The molecule has 2 N–H and O–H groups in total. The summed E-state index contributed by atoms with van der Waals surface area (Å²) in [6, 6.07) is 4.25. The fourth-order valence-electron chi connectivity index (χ4n) is 1.53. The van der Waals surface area contributed by atoms with Gasteiger partial charge < -0.3 is 10.3 Å². The summed E-state index contributed by atoms with van der Waals surface area (Å²) in [6.07, 6.45) is 0.869. The third kappa shape index (κ3) is 2.68. The quantitative estimate of drug-likeness (QED) is 0.927. The van der Waals surface area contributed by atoms with Crippen LogP contribution in [0, 0.1) is 5.82 Å². The zero-order valence-corrected chi connectivity index (χ0v) is 10.6. The topological polar surface area (TPSA) is 64.9 Å². The lowest BCUT2D eigenvalue weighted by Gasteiger charge is -2.02. The van der Waals surface area contributed by atoms with Crippen molar-refractivity contribution in [3.05, 3.63) is 46.3 Å². The van der Waals surface area contributed by atoms with Crippen LogP contribution in [0.1, 0.15) is 36.7 Å². The molecule has 1 atom stereocenters. The maximum absolute atomic E-state index is 13.6. The summed E-state index contributed by atoms with van der Waals surface area (Å²) in [5, 5.41) is 4.11. The molecule has 18 heavy (non-hydrogen) atoms. The van der Waals surface area contributed by atoms with E-state index >= 15 is 0 Å². The third-order valence-corrected chi connectivity index (χ3v) is 3.00. The summed E-state index contributed by atoms with van der Waals surface area (Å²) in [5.74, 6) is 0.350. The normalized spacial score (nSPS) is 12.7. The Morgan fingerprint density at radius 1 is 1.50 bits per heavy atom. The van der Waals surface area contributed by atoms with Gasteiger partial charge in [0.1, 0.15) is 5.82 Å². The Hall–Kier alpha value is -1.46. The summed E-state index contributed by atoms with van der Waals surface area (Å²) in [6.45, 7) is 1.93. The zero-order chi connectivity index (χ0) is 13.1. The minimum absolute atomic E-state index is 0.162. The molecule has 2 aromatic rings. The van der Waals surface area contributed by atoms with Crippen molar-refractivity contribution in [2.45, 2.75) is 25.8 Å². The van der Waals surface area contributed by atoms with E-state index in [1.54, 1.807) is 12.1 Å². The summed E-state index contributed by atoms with van der Waals surface area (Å²) in [4.78, 5) is 4.13. The van der Waals surface area contributed by atoms with Crippen LogP contribution in [0.15, 0.2) is 22.7 Å². The van der Waals surface area contributed by atoms with Gasteiger partial charge in [-0.15, -0.1) is 0 Å². The summed E-state index contributed by atoms with van der Waals surface area (Å²) < 4.78 is 18.6. The van der Waals surface area contributed by atoms with Crippen LogP contribution in [0.3, 0.4) is 0 Å². The predicted octanol–water partition coefficient (Wildman–Crippen LogP) is 2.86. The maximum atomic E-state index is 13.6. The number of halogens is 2. The highest BCUT2D eigenvalue weighted by Gasteiger charge is 2.15. The molecule has 0 aliphatic heterocycles. The molecule has 0 bridgehead atoms. The van der Waals surface area contributed by atoms with Gasteiger partial charge >= 0.3 is 0 Å². The van der Waals surface area contributed by atoms with Gasteiger partial charge in [-0.1, -0.05) is 29.7 Å². The van der Waals surface area contributed by atoms with Crippen LogP contribution in [0.4, 0.5) is 4.39 Å². The van der Waals surface area contributed by atoms with Crippen molar-refractivity contribution in [3.8, 4) is 0 Å². The second-order valence-corrected chi connectivity index (χ2v) is 4.35. The van der Waals surface area contributed by atoms with E-state index in [1.165, 1.54) is 6.07 Å². The maximum Gasteiger partial charge on any atom is 0.231 e. The molecule has 0 spiro atoms. The fourth-order valence-corrected chi connectivity index (χ4v) is 1.76. The van der Waals surface area contributed by atoms with Gasteiger partial charge in [0.15, 0.2) is 5.82 Å². The van der Waals surface area contributed by atoms with Crippen molar-refractivity contribution < 1.29 is 8.91 Å². The molecule has 4 nitrogen and oxygen atoms in total. The van der Waals surface area contributed by atoms with Crippen LogP contribution < -0.4 is 5.73 Å². The summed E-state index contributed by atoms with van der Waals surface area (Å²) >= 11 is 5.92. The Labute approximate surface area is 109 Å². The molecule has 0 radical (unpaired) electrons. The second-order valence-electron chi connectivity index (χ2n) is 3.94. The van der Waals surface area contributed by atoms with E-state index in [0.717, 1.165) is 0 Å². The van der Waals surface area contributed by atoms with Crippen LogP contribution in [-0.4, -0.2) is 10.1 Å². The average Bonchev–Trinajstić information content (AvgIpc) is 2.81. The lowest BCUT2D eigenvalue weighted by Crippen LogP contribution is -2.10. The van der Waals surface area contributed by atoms with E-state index in [2.05, 4.69) is 10.1 Å². The van der Waals surface area contributed by atoms with E-state index in [9.17, 15) is 4.39 Å². The minimum atomic E-state index is -0.387. The molecular formula is C12H13ClFN3O. The molecule has 0 saturated heterocycles. The Bertz CT molecular complexity index is 524. The fraction of sp³-hybridized carbons (Fsp3) is 0.333. The number of aromatic nitrogens is 2. The Morgan fingerprint density at radius 2 is 2.28 bits per heavy atom. The first-order chi connectivity index (χ1) is 8.61. The first-order valence-corrected chi connectivity index (χ1v) is 6.00. The molecule has 1 aromatic heterocycles. The van der Waals surface area contributed by atoms with Gasteiger partial charge in [-0.3, -0.25) is 0 Å². The zero-order valence-electron chi connectivity index (χ0n) is 9.86. The van der Waals surface area contributed by atoms with Crippen LogP contribution in [-0.2, 0) is 6.42 Å². The highest BCUT2D eigenvalue weighted by molar-refractivity contribution is 6.31. The van der Waals surface area contributed by atoms with E-state index in [-0.39, 0.29) is 18.3 Å². The van der Waals surface area contributed by atoms with E-state index < -0.39 is 0 Å². The summed E-state index contributed by atoms with van der Waals surface area (Å²) in [7, 11) is 0. The van der Waals surface area contributed by atoms with Gasteiger partial charge in [-0.25, -0.2) is 4.39 Å². The molecular weight excluding hydrogens is 257 g/mol. The summed E-state index contributed by atoms with van der Waals surface area (Å²) in [5.41, 5.74) is 6.12. The number of hydrogen-bond donors (Lipinski definition) is 1. The van der Waals surface area contributed by atoms with Gasteiger partial charge in [0.25, 0.3) is 0 Å². The van der Waals surface area contributed by atoms with Gasteiger partial charge in [0, 0.05) is 10.6 Å². The Balaban J connectivity index is 2.21. The highest BCUT2D eigenvalue weighted by atomic mass is 35.5. The van der Waals surface area contributed by atoms with Crippen molar-refractivity contribution >= 4 is 11.6 Å². The molecule has 1 aromatic carbocycles. The molecule has 1 unspecified atom stereocenters. The van der Waals surface area contributed by atoms with Crippen molar-refractivity contribution in [1.29, 1.82) is 0 Å². The number of rotatable bonds is 4. The van der Waals surface area contributed by atoms with Crippen LogP contribution in [0.5, 0.6) is 0 Å². The van der Waals surface area contributed by atoms with Crippen LogP contribution >= 0.6 is 11.6 Å². The minimum Gasteiger partial charge on any atom is -0.339 e. The van der Waals surface area contributed by atoms with Crippen molar-refractivity contribution in [1.82, 2.24) is 10.1 Å². The lowest BCUT2D eigenvalue weighted by atomic mass is 10.1. The molecule has 1 heterocycles. The number of hydrogen-bond acceptors (Lipinski definition) is 4. The van der Waals surface area contributed by atoms with E-state index in [0.29, 0.717) is 28.7 Å². The SMILES string of the molecule is CCC(N)c1noc(Cc2c(F)cccc2Cl)n1. The predicted molar refractivity (Wildman–Crippen MR) is 65.7 cm³/mol. The van der Waals surface area contributed by atoms with Crippen LogP contribution in [0.25, 0.3) is 0 Å². The molecule has 0 fully saturated rings. The van der Waals surface area contributed by atoms with E-state index in [1.807, 2.05) is 6.92 Å². The van der Waals surface area contributed by atoms with Gasteiger partial charge in [0.05, 0.1) is 12.5 Å². The first-order valence-electron chi connectivity index (χ1n) is 5.62. The molecule has 0 aliphatic carbocycles. The molecule has 0 amide bonds. The largest absolute Gasteiger partial charge is 0.339 e. The van der Waals surface area contributed by atoms with Crippen molar-refractivity contribution in [3.63, 3.8) is 0 Å².